The van der Waals surface area contributed by atoms with Crippen LogP contribution in [0.25, 0.3) is 0 Å². The maximum Gasteiger partial charge on any atom is 0.0897 e. The molecule has 0 aromatic rings. The lowest BCUT2D eigenvalue weighted by atomic mass is 9.89. The fourth-order valence-electron chi connectivity index (χ4n) is 3.74. The van der Waals surface area contributed by atoms with E-state index >= 15 is 0 Å². The molecule has 3 saturated carbocycles. The van der Waals surface area contributed by atoms with Crippen LogP contribution in [0.4, 0.5) is 0 Å². The highest BCUT2D eigenvalue weighted by atomic mass is 16.5. The molecule has 3 atom stereocenters. The van der Waals surface area contributed by atoms with Gasteiger partial charge in [-0.1, -0.05) is 19.8 Å². The molecule has 0 aromatic carbocycles. The van der Waals surface area contributed by atoms with Crippen LogP contribution in [0, 0.1) is 17.8 Å². The Labute approximate surface area is 123 Å². The number of hydrogen-bond donors (Lipinski definition) is 2. The first-order chi connectivity index (χ1) is 9.72. The lowest BCUT2D eigenvalue weighted by Gasteiger charge is -2.28. The minimum atomic E-state index is -0.341. The summed E-state index contributed by atoms with van der Waals surface area (Å²) in [5, 5.41) is 13.7. The highest BCUT2D eigenvalue weighted by Gasteiger charge is 2.41. The van der Waals surface area contributed by atoms with E-state index in [-0.39, 0.29) is 6.10 Å². The minimum absolute atomic E-state index is 0.341. The molecular formula is C17H31NO2. The third kappa shape index (κ3) is 4.44. The number of rotatable bonds is 8. The van der Waals surface area contributed by atoms with Crippen molar-refractivity contribution in [3.8, 4) is 0 Å². The molecule has 3 heteroatoms. The first kappa shape index (κ1) is 14.8. The van der Waals surface area contributed by atoms with E-state index in [9.17, 15) is 5.11 Å². The van der Waals surface area contributed by atoms with Gasteiger partial charge < -0.3 is 15.2 Å². The highest BCUT2D eigenvalue weighted by Crippen LogP contribution is 2.44. The Bertz CT molecular complexity index is 289. The van der Waals surface area contributed by atoms with Crippen LogP contribution in [0.3, 0.4) is 0 Å². The molecule has 0 amide bonds. The SMILES string of the molecule is CC1CCCC(OCC(O)CNC(C2CC2)C2CC2)C1. The largest absolute Gasteiger partial charge is 0.389 e. The number of nitrogens with one attached hydrogen (secondary N) is 1. The van der Waals surface area contributed by atoms with Crippen molar-refractivity contribution in [1.29, 1.82) is 0 Å². The molecule has 3 unspecified atom stereocenters. The molecule has 3 aliphatic rings. The molecule has 3 fully saturated rings. The smallest absolute Gasteiger partial charge is 0.0897 e. The molecule has 0 bridgehead atoms. The molecule has 0 aromatic heterocycles. The van der Waals surface area contributed by atoms with E-state index in [0.717, 1.165) is 17.8 Å². The Morgan fingerprint density at radius 2 is 1.80 bits per heavy atom. The second-order valence-electron chi connectivity index (χ2n) is 7.49. The molecule has 20 heavy (non-hydrogen) atoms. The number of aliphatic hydroxyl groups is 1. The molecule has 3 rings (SSSR count). The summed E-state index contributed by atoms with van der Waals surface area (Å²) in [7, 11) is 0. The number of aliphatic hydroxyl groups excluding tert-OH is 1. The summed E-state index contributed by atoms with van der Waals surface area (Å²) in [4.78, 5) is 0. The standard InChI is InChI=1S/C17H31NO2/c1-12-3-2-4-16(9-12)20-11-15(19)10-18-17(13-5-6-13)14-7-8-14/h12-19H,2-11H2,1H3. The van der Waals surface area contributed by atoms with Crippen LogP contribution in [-0.2, 0) is 4.74 Å². The lowest BCUT2D eigenvalue weighted by molar-refractivity contribution is -0.0314. The van der Waals surface area contributed by atoms with Gasteiger partial charge >= 0.3 is 0 Å². The first-order valence-corrected chi connectivity index (χ1v) is 8.75. The summed E-state index contributed by atoms with van der Waals surface area (Å²) in [5.41, 5.74) is 0. The normalized spacial score (nSPS) is 32.5. The van der Waals surface area contributed by atoms with Crippen molar-refractivity contribution in [3.63, 3.8) is 0 Å². The summed E-state index contributed by atoms with van der Waals surface area (Å²) in [6.07, 6.45) is 10.6. The predicted octanol–water partition coefficient (Wildman–Crippen LogP) is 2.72. The summed E-state index contributed by atoms with van der Waals surface area (Å²) in [6.45, 7) is 3.52. The average molecular weight is 281 g/mol. The average Bonchev–Trinajstić information content (AvgIpc) is 3.29. The van der Waals surface area contributed by atoms with Crippen LogP contribution < -0.4 is 5.32 Å². The Kier molecular flexibility index (Phi) is 5.00. The van der Waals surface area contributed by atoms with Gasteiger partial charge in [0.2, 0.25) is 0 Å². The van der Waals surface area contributed by atoms with Crippen molar-refractivity contribution in [1.82, 2.24) is 5.32 Å². The van der Waals surface area contributed by atoms with Gasteiger partial charge in [0, 0.05) is 12.6 Å². The maximum absolute atomic E-state index is 10.1. The van der Waals surface area contributed by atoms with E-state index in [0.29, 0.717) is 25.3 Å². The zero-order valence-electron chi connectivity index (χ0n) is 12.9. The molecule has 0 heterocycles. The van der Waals surface area contributed by atoms with Gasteiger partial charge in [0.15, 0.2) is 0 Å². The topological polar surface area (TPSA) is 41.5 Å². The van der Waals surface area contributed by atoms with Gasteiger partial charge in [0.1, 0.15) is 0 Å². The van der Waals surface area contributed by atoms with Crippen molar-refractivity contribution in [3.05, 3.63) is 0 Å². The van der Waals surface area contributed by atoms with E-state index in [4.69, 9.17) is 4.74 Å². The third-order valence-electron chi connectivity index (χ3n) is 5.26. The van der Waals surface area contributed by atoms with Crippen LogP contribution in [0.1, 0.15) is 58.3 Å². The maximum atomic E-state index is 10.1. The van der Waals surface area contributed by atoms with Crippen LogP contribution in [0.15, 0.2) is 0 Å². The minimum Gasteiger partial charge on any atom is -0.389 e. The first-order valence-electron chi connectivity index (χ1n) is 8.75. The lowest BCUT2D eigenvalue weighted by Crippen LogP contribution is -2.40. The molecule has 0 saturated heterocycles. The van der Waals surface area contributed by atoms with Gasteiger partial charge in [-0.05, 0) is 56.3 Å². The van der Waals surface area contributed by atoms with Crippen LogP contribution in [-0.4, -0.2) is 36.5 Å². The van der Waals surface area contributed by atoms with Gasteiger partial charge in [-0.3, -0.25) is 0 Å². The van der Waals surface area contributed by atoms with Crippen molar-refractivity contribution in [2.24, 2.45) is 17.8 Å². The predicted molar refractivity (Wildman–Crippen MR) is 80.6 cm³/mol. The molecule has 3 nitrogen and oxygen atoms in total. The highest BCUT2D eigenvalue weighted by molar-refractivity contribution is 4.96. The fraction of sp³-hybridized carbons (Fsp3) is 1.00. The van der Waals surface area contributed by atoms with Crippen molar-refractivity contribution >= 4 is 0 Å². The van der Waals surface area contributed by atoms with Gasteiger partial charge in [0.05, 0.1) is 18.8 Å². The summed E-state index contributed by atoms with van der Waals surface area (Å²) in [6, 6.07) is 0.680. The van der Waals surface area contributed by atoms with Crippen LogP contribution >= 0.6 is 0 Å². The fourth-order valence-corrected chi connectivity index (χ4v) is 3.74. The van der Waals surface area contributed by atoms with E-state index in [1.54, 1.807) is 0 Å². The van der Waals surface area contributed by atoms with Crippen LogP contribution in [0.2, 0.25) is 0 Å². The Morgan fingerprint density at radius 3 is 2.40 bits per heavy atom. The Balaban J connectivity index is 1.31. The number of hydrogen-bond acceptors (Lipinski definition) is 3. The van der Waals surface area contributed by atoms with Crippen LogP contribution in [0.5, 0.6) is 0 Å². The molecule has 0 aliphatic heterocycles. The second kappa shape index (κ2) is 6.76. The molecule has 0 spiro atoms. The van der Waals surface area contributed by atoms with Gasteiger partial charge in [0.25, 0.3) is 0 Å². The van der Waals surface area contributed by atoms with E-state index < -0.39 is 0 Å². The van der Waals surface area contributed by atoms with Crippen molar-refractivity contribution < 1.29 is 9.84 Å². The summed E-state index contributed by atoms with van der Waals surface area (Å²) < 4.78 is 5.91. The van der Waals surface area contributed by atoms with E-state index in [1.165, 1.54) is 51.4 Å². The zero-order valence-corrected chi connectivity index (χ0v) is 12.9. The second-order valence-corrected chi connectivity index (χ2v) is 7.49. The van der Waals surface area contributed by atoms with E-state index in [2.05, 4.69) is 12.2 Å². The van der Waals surface area contributed by atoms with Crippen molar-refractivity contribution in [2.45, 2.75) is 76.5 Å². The summed E-state index contributed by atoms with van der Waals surface area (Å²) in [5.74, 6) is 2.59. The molecule has 116 valence electrons. The molecule has 2 N–H and O–H groups in total. The monoisotopic (exact) mass is 281 g/mol. The Morgan fingerprint density at radius 1 is 1.10 bits per heavy atom. The van der Waals surface area contributed by atoms with Gasteiger partial charge in [-0.25, -0.2) is 0 Å². The molecule has 3 aliphatic carbocycles. The Hall–Kier alpha value is -0.120. The van der Waals surface area contributed by atoms with Gasteiger partial charge in [-0.2, -0.15) is 0 Å². The molecule has 0 radical (unpaired) electrons. The van der Waals surface area contributed by atoms with E-state index in [1.807, 2.05) is 0 Å². The number of ether oxygens (including phenoxy) is 1. The third-order valence-corrected chi connectivity index (χ3v) is 5.26. The quantitative estimate of drug-likeness (QED) is 0.719. The zero-order chi connectivity index (χ0) is 13.9. The molecular weight excluding hydrogens is 250 g/mol. The van der Waals surface area contributed by atoms with Crippen molar-refractivity contribution in [2.75, 3.05) is 13.2 Å². The summed E-state index contributed by atoms with van der Waals surface area (Å²) >= 11 is 0. The van der Waals surface area contributed by atoms with Gasteiger partial charge in [-0.15, -0.1) is 0 Å².